The van der Waals surface area contributed by atoms with E-state index in [4.69, 9.17) is 0 Å². The normalized spacial score (nSPS) is 24.6. The number of rotatable bonds is 1. The Morgan fingerprint density at radius 1 is 1.29 bits per heavy atom. The minimum absolute atomic E-state index is 0.100. The molecule has 0 bridgehead atoms. The Morgan fingerprint density at radius 3 is 2.21 bits per heavy atom. The van der Waals surface area contributed by atoms with Gasteiger partial charge in [0.25, 0.3) is 0 Å². The van der Waals surface area contributed by atoms with E-state index in [1.54, 1.807) is 21.1 Å². The van der Waals surface area contributed by atoms with Crippen LogP contribution in [-0.2, 0) is 9.84 Å². The second-order valence-corrected chi connectivity index (χ2v) is 6.07. The third-order valence-corrected chi connectivity index (χ3v) is 4.19. The summed E-state index contributed by atoms with van der Waals surface area (Å²) < 4.78 is 22.4. The van der Waals surface area contributed by atoms with E-state index < -0.39 is 9.84 Å². The molecule has 1 rings (SSSR count). The van der Waals surface area contributed by atoms with E-state index in [1.165, 1.54) is 9.80 Å². The average molecular weight is 220 g/mol. The van der Waals surface area contributed by atoms with Gasteiger partial charge in [-0.05, 0) is 6.42 Å². The van der Waals surface area contributed by atoms with Gasteiger partial charge in [-0.3, -0.25) is 0 Å². The van der Waals surface area contributed by atoms with Gasteiger partial charge in [-0.25, -0.2) is 13.2 Å². The molecule has 1 heterocycles. The topological polar surface area (TPSA) is 57.7 Å². The maximum Gasteiger partial charge on any atom is 0.319 e. The molecule has 0 spiro atoms. The van der Waals surface area contributed by atoms with Crippen LogP contribution < -0.4 is 0 Å². The van der Waals surface area contributed by atoms with E-state index in [0.29, 0.717) is 6.42 Å². The molecule has 82 valence electrons. The fourth-order valence-corrected chi connectivity index (χ4v) is 3.33. The number of sulfone groups is 1. The van der Waals surface area contributed by atoms with Crippen LogP contribution in [0.5, 0.6) is 0 Å². The highest BCUT2D eigenvalue weighted by Gasteiger charge is 2.33. The van der Waals surface area contributed by atoms with E-state index in [-0.39, 0.29) is 23.6 Å². The minimum Gasteiger partial charge on any atom is -0.331 e. The molecule has 0 aromatic heterocycles. The van der Waals surface area contributed by atoms with Gasteiger partial charge in [-0.15, -0.1) is 0 Å². The zero-order valence-electron chi connectivity index (χ0n) is 8.73. The van der Waals surface area contributed by atoms with E-state index in [2.05, 4.69) is 0 Å². The Labute approximate surface area is 84.6 Å². The summed E-state index contributed by atoms with van der Waals surface area (Å²) in [7, 11) is 2.04. The third-order valence-electron chi connectivity index (χ3n) is 2.44. The summed E-state index contributed by atoms with van der Waals surface area (Å²) in [5.74, 6) is 0.297. The zero-order valence-corrected chi connectivity index (χ0v) is 9.54. The average Bonchev–Trinajstić information content (AvgIpc) is 2.43. The van der Waals surface area contributed by atoms with Gasteiger partial charge in [0.15, 0.2) is 9.84 Å². The second kappa shape index (κ2) is 3.76. The lowest BCUT2D eigenvalue weighted by atomic mass is 10.2. The molecule has 1 unspecified atom stereocenters. The van der Waals surface area contributed by atoms with Crippen molar-refractivity contribution in [2.75, 3.05) is 32.6 Å². The molecule has 2 amide bonds. The Hall–Kier alpha value is -0.780. The number of urea groups is 1. The van der Waals surface area contributed by atoms with Crippen molar-refractivity contribution in [2.45, 2.75) is 12.5 Å². The predicted molar refractivity (Wildman–Crippen MR) is 53.9 cm³/mol. The van der Waals surface area contributed by atoms with E-state index in [0.717, 1.165) is 0 Å². The summed E-state index contributed by atoms with van der Waals surface area (Å²) in [6.07, 6.45) is 0.554. The molecule has 0 aromatic rings. The molecule has 1 atom stereocenters. The first-order valence-corrected chi connectivity index (χ1v) is 6.30. The van der Waals surface area contributed by atoms with Crippen LogP contribution in [0, 0.1) is 0 Å². The van der Waals surface area contributed by atoms with Crippen molar-refractivity contribution in [1.29, 1.82) is 0 Å². The van der Waals surface area contributed by atoms with Crippen LogP contribution in [0.2, 0.25) is 0 Å². The summed E-state index contributed by atoms with van der Waals surface area (Å²) in [6, 6.07) is -0.304. The van der Waals surface area contributed by atoms with E-state index >= 15 is 0 Å². The van der Waals surface area contributed by atoms with Gasteiger partial charge in [0.05, 0.1) is 11.5 Å². The molecular weight excluding hydrogens is 204 g/mol. The zero-order chi connectivity index (χ0) is 10.9. The van der Waals surface area contributed by atoms with Gasteiger partial charge in [-0.2, -0.15) is 0 Å². The summed E-state index contributed by atoms with van der Waals surface area (Å²) >= 11 is 0. The highest BCUT2D eigenvalue weighted by Crippen LogP contribution is 2.16. The first kappa shape index (κ1) is 11.3. The molecule has 1 saturated heterocycles. The van der Waals surface area contributed by atoms with Gasteiger partial charge >= 0.3 is 6.03 Å². The Morgan fingerprint density at radius 2 is 1.86 bits per heavy atom. The predicted octanol–water partition coefficient (Wildman–Crippen LogP) is -0.213. The van der Waals surface area contributed by atoms with Crippen molar-refractivity contribution >= 4 is 15.9 Å². The molecule has 0 aromatic carbocycles. The first-order chi connectivity index (χ1) is 6.33. The van der Waals surface area contributed by atoms with Gasteiger partial charge in [0.2, 0.25) is 0 Å². The van der Waals surface area contributed by atoms with Crippen LogP contribution in [-0.4, -0.2) is 62.9 Å². The van der Waals surface area contributed by atoms with Crippen LogP contribution in [0.15, 0.2) is 0 Å². The van der Waals surface area contributed by atoms with Gasteiger partial charge in [-0.1, -0.05) is 0 Å². The molecule has 1 fully saturated rings. The number of amides is 2. The van der Waals surface area contributed by atoms with Crippen LogP contribution >= 0.6 is 0 Å². The number of carbonyl (C=O) groups is 1. The number of nitrogens with zero attached hydrogens (tertiary/aromatic N) is 2. The Kier molecular flexibility index (Phi) is 3.04. The minimum atomic E-state index is -2.91. The Balaban J connectivity index is 2.64. The highest BCUT2D eigenvalue weighted by atomic mass is 32.2. The highest BCUT2D eigenvalue weighted by molar-refractivity contribution is 7.91. The lowest BCUT2D eigenvalue weighted by molar-refractivity contribution is 0.168. The molecule has 0 aliphatic carbocycles. The summed E-state index contributed by atoms with van der Waals surface area (Å²) in [5.41, 5.74) is 0. The van der Waals surface area contributed by atoms with E-state index in [1.807, 2.05) is 0 Å². The summed E-state index contributed by atoms with van der Waals surface area (Å²) in [4.78, 5) is 14.5. The van der Waals surface area contributed by atoms with Crippen molar-refractivity contribution in [3.05, 3.63) is 0 Å². The maximum atomic E-state index is 11.5. The largest absolute Gasteiger partial charge is 0.331 e. The first-order valence-electron chi connectivity index (χ1n) is 4.48. The standard InChI is InChI=1S/C8H16N2O3S/c1-9(2)8(11)10(3)7-4-5-14(12,13)6-7/h7H,4-6H2,1-3H3. The lowest BCUT2D eigenvalue weighted by Crippen LogP contribution is -2.43. The smallest absolute Gasteiger partial charge is 0.319 e. The van der Waals surface area contributed by atoms with Gasteiger partial charge < -0.3 is 9.80 Å². The molecule has 5 nitrogen and oxygen atoms in total. The number of carbonyl (C=O) groups excluding carboxylic acids is 1. The Bertz CT molecular complexity index is 323. The monoisotopic (exact) mass is 220 g/mol. The molecule has 6 heteroatoms. The lowest BCUT2D eigenvalue weighted by Gasteiger charge is -2.26. The van der Waals surface area contributed by atoms with E-state index in [9.17, 15) is 13.2 Å². The fraction of sp³-hybridized carbons (Fsp3) is 0.875. The molecule has 14 heavy (non-hydrogen) atoms. The molecule has 0 radical (unpaired) electrons. The van der Waals surface area contributed by atoms with Crippen LogP contribution in [0.1, 0.15) is 6.42 Å². The van der Waals surface area contributed by atoms with Crippen LogP contribution in [0.3, 0.4) is 0 Å². The van der Waals surface area contributed by atoms with Crippen LogP contribution in [0.4, 0.5) is 4.79 Å². The SMILES string of the molecule is CN(C)C(=O)N(C)C1CCS(=O)(=O)C1. The van der Waals surface area contributed by atoms with Gasteiger partial charge in [0, 0.05) is 27.2 Å². The van der Waals surface area contributed by atoms with Crippen molar-refractivity contribution < 1.29 is 13.2 Å². The third kappa shape index (κ3) is 2.37. The van der Waals surface area contributed by atoms with Crippen molar-refractivity contribution in [1.82, 2.24) is 9.80 Å². The number of hydrogen-bond acceptors (Lipinski definition) is 3. The van der Waals surface area contributed by atoms with Crippen molar-refractivity contribution in [3.63, 3.8) is 0 Å². The molecule has 1 aliphatic rings. The number of hydrogen-bond donors (Lipinski definition) is 0. The molecule has 0 saturated carbocycles. The molecular formula is C8H16N2O3S. The fourth-order valence-electron chi connectivity index (χ4n) is 1.55. The molecule has 0 N–H and O–H groups in total. The van der Waals surface area contributed by atoms with Crippen molar-refractivity contribution in [3.8, 4) is 0 Å². The van der Waals surface area contributed by atoms with Crippen molar-refractivity contribution in [2.24, 2.45) is 0 Å². The maximum absolute atomic E-state index is 11.5. The summed E-state index contributed by atoms with van der Waals surface area (Å²) in [5, 5.41) is 0. The quantitative estimate of drug-likeness (QED) is 0.614. The summed E-state index contributed by atoms with van der Waals surface area (Å²) in [6.45, 7) is 0. The van der Waals surface area contributed by atoms with Crippen LogP contribution in [0.25, 0.3) is 0 Å². The second-order valence-electron chi connectivity index (χ2n) is 3.84. The van der Waals surface area contributed by atoms with Gasteiger partial charge in [0.1, 0.15) is 0 Å². The molecule has 1 aliphatic heterocycles.